The largest absolute Gasteiger partial charge is 0.335 e. The second-order valence-corrected chi connectivity index (χ2v) is 11.3. The van der Waals surface area contributed by atoms with Crippen LogP contribution in [0.15, 0.2) is 23.4 Å². The highest BCUT2D eigenvalue weighted by Gasteiger charge is 2.39. The number of carbonyl (C=O) groups excluding carboxylic acids is 1. The minimum Gasteiger partial charge on any atom is -0.335 e. The van der Waals surface area contributed by atoms with E-state index in [1.54, 1.807) is 4.68 Å². The molecule has 0 bridgehead atoms. The summed E-state index contributed by atoms with van der Waals surface area (Å²) in [6, 6.07) is 5.89. The van der Waals surface area contributed by atoms with Crippen LogP contribution in [0.25, 0.3) is 5.69 Å². The van der Waals surface area contributed by atoms with E-state index < -0.39 is 9.84 Å². The SMILES string of the molecule is Cc1cccc(-n2nnnc2SCC(=O)N(C2CCCC2)C2CCS(=O)(=O)C2)c1C. The van der Waals surface area contributed by atoms with Crippen molar-refractivity contribution in [2.24, 2.45) is 0 Å². The van der Waals surface area contributed by atoms with Crippen LogP contribution in [0.3, 0.4) is 0 Å². The van der Waals surface area contributed by atoms with Gasteiger partial charge >= 0.3 is 0 Å². The second kappa shape index (κ2) is 8.66. The fraction of sp³-hybridized carbons (Fsp3) is 0.600. The number of carbonyl (C=O) groups is 1. The molecule has 10 heteroatoms. The van der Waals surface area contributed by atoms with Crippen molar-refractivity contribution in [1.82, 2.24) is 25.1 Å². The number of hydrogen-bond acceptors (Lipinski definition) is 7. The number of hydrogen-bond donors (Lipinski definition) is 0. The number of amides is 1. The summed E-state index contributed by atoms with van der Waals surface area (Å²) in [6.07, 6.45) is 4.62. The van der Waals surface area contributed by atoms with Crippen molar-refractivity contribution in [3.63, 3.8) is 0 Å². The van der Waals surface area contributed by atoms with Gasteiger partial charge in [-0.2, -0.15) is 4.68 Å². The van der Waals surface area contributed by atoms with Gasteiger partial charge in [-0.3, -0.25) is 4.79 Å². The first-order valence-corrected chi connectivity index (χ1v) is 13.2. The van der Waals surface area contributed by atoms with Gasteiger partial charge in [0.2, 0.25) is 11.1 Å². The van der Waals surface area contributed by atoms with Gasteiger partial charge in [0.15, 0.2) is 9.84 Å². The number of rotatable bonds is 6. The first kappa shape index (κ1) is 21.3. The molecule has 2 fully saturated rings. The average molecular weight is 450 g/mol. The molecule has 1 atom stereocenters. The molecule has 4 rings (SSSR count). The number of sulfone groups is 1. The second-order valence-electron chi connectivity index (χ2n) is 8.18. The Hall–Kier alpha value is -1.94. The van der Waals surface area contributed by atoms with Gasteiger partial charge in [0.25, 0.3) is 0 Å². The lowest BCUT2D eigenvalue weighted by Crippen LogP contribution is -2.47. The van der Waals surface area contributed by atoms with E-state index in [4.69, 9.17) is 0 Å². The standard InChI is InChI=1S/C20H27N5O3S2/c1-14-6-5-9-18(15(14)2)25-20(21-22-23-25)29-12-19(26)24(16-7-3-4-8-16)17-10-11-30(27,28)13-17/h5-6,9,16-17H,3-4,7-8,10-13H2,1-2H3. The molecule has 2 heterocycles. The predicted octanol–water partition coefficient (Wildman–Crippen LogP) is 2.33. The summed E-state index contributed by atoms with van der Waals surface area (Å²) in [4.78, 5) is 15.1. The maximum atomic E-state index is 13.2. The van der Waals surface area contributed by atoms with Gasteiger partial charge in [0.1, 0.15) is 0 Å². The molecule has 0 N–H and O–H groups in total. The predicted molar refractivity (Wildman–Crippen MR) is 116 cm³/mol. The molecule has 1 aliphatic heterocycles. The Bertz CT molecular complexity index is 1030. The van der Waals surface area contributed by atoms with Gasteiger partial charge in [-0.05, 0) is 60.7 Å². The number of benzene rings is 1. The van der Waals surface area contributed by atoms with Gasteiger partial charge in [0, 0.05) is 12.1 Å². The summed E-state index contributed by atoms with van der Waals surface area (Å²) < 4.78 is 25.7. The molecule has 1 aliphatic carbocycles. The van der Waals surface area contributed by atoms with E-state index in [2.05, 4.69) is 15.5 Å². The molecule has 1 amide bonds. The molecule has 0 spiro atoms. The Labute approximate surface area is 181 Å². The molecule has 1 aromatic carbocycles. The quantitative estimate of drug-likeness (QED) is 0.624. The zero-order chi connectivity index (χ0) is 21.3. The minimum absolute atomic E-state index is 0.0236. The van der Waals surface area contributed by atoms with E-state index in [-0.39, 0.29) is 35.2 Å². The van der Waals surface area contributed by atoms with Crippen molar-refractivity contribution >= 4 is 27.5 Å². The number of nitrogens with zero attached hydrogens (tertiary/aromatic N) is 5. The first-order valence-electron chi connectivity index (χ1n) is 10.3. The zero-order valence-corrected chi connectivity index (χ0v) is 19.0. The van der Waals surface area contributed by atoms with Crippen molar-refractivity contribution in [3.8, 4) is 5.69 Å². The monoisotopic (exact) mass is 449 g/mol. The first-order chi connectivity index (χ1) is 14.4. The van der Waals surface area contributed by atoms with Gasteiger partial charge in [-0.25, -0.2) is 8.42 Å². The van der Waals surface area contributed by atoms with Gasteiger partial charge in [0.05, 0.1) is 22.9 Å². The lowest BCUT2D eigenvalue weighted by Gasteiger charge is -2.34. The maximum Gasteiger partial charge on any atom is 0.233 e. The van der Waals surface area contributed by atoms with Crippen molar-refractivity contribution in [2.45, 2.75) is 63.2 Å². The highest BCUT2D eigenvalue weighted by Crippen LogP contribution is 2.30. The Morgan fingerprint density at radius 2 is 1.97 bits per heavy atom. The molecular formula is C20H27N5O3S2. The Morgan fingerprint density at radius 1 is 1.20 bits per heavy atom. The molecule has 30 heavy (non-hydrogen) atoms. The summed E-state index contributed by atoms with van der Waals surface area (Å²) >= 11 is 1.30. The average Bonchev–Trinajstić information content (AvgIpc) is 3.44. The lowest BCUT2D eigenvalue weighted by atomic mass is 10.1. The molecule has 8 nitrogen and oxygen atoms in total. The highest BCUT2D eigenvalue weighted by molar-refractivity contribution is 7.99. The summed E-state index contributed by atoms with van der Waals surface area (Å²) in [6.45, 7) is 4.06. The van der Waals surface area contributed by atoms with Crippen LogP contribution in [-0.2, 0) is 14.6 Å². The topological polar surface area (TPSA) is 98.1 Å². The normalized spacial score (nSPS) is 21.2. The van der Waals surface area contributed by atoms with E-state index in [1.807, 2.05) is 36.9 Å². The van der Waals surface area contributed by atoms with Crippen LogP contribution in [0.1, 0.15) is 43.2 Å². The fourth-order valence-electron chi connectivity index (χ4n) is 4.47. The molecule has 1 aromatic heterocycles. The molecule has 1 unspecified atom stereocenters. The van der Waals surface area contributed by atoms with Crippen LogP contribution in [0, 0.1) is 13.8 Å². The minimum atomic E-state index is -3.05. The van der Waals surface area contributed by atoms with E-state index in [1.165, 1.54) is 11.8 Å². The molecule has 162 valence electrons. The van der Waals surface area contributed by atoms with Crippen molar-refractivity contribution in [2.75, 3.05) is 17.3 Å². The van der Waals surface area contributed by atoms with Crippen molar-refractivity contribution in [1.29, 1.82) is 0 Å². The Kier molecular flexibility index (Phi) is 6.15. The number of aryl methyl sites for hydroxylation is 1. The summed E-state index contributed by atoms with van der Waals surface area (Å²) in [5, 5.41) is 12.6. The van der Waals surface area contributed by atoms with Gasteiger partial charge in [-0.1, -0.05) is 36.7 Å². The maximum absolute atomic E-state index is 13.2. The third kappa shape index (κ3) is 4.39. The van der Waals surface area contributed by atoms with E-state index in [9.17, 15) is 13.2 Å². The van der Waals surface area contributed by atoms with Gasteiger partial charge < -0.3 is 4.90 Å². The lowest BCUT2D eigenvalue weighted by molar-refractivity contribution is -0.132. The number of tetrazole rings is 1. The summed E-state index contributed by atoms with van der Waals surface area (Å²) in [5.41, 5.74) is 3.12. The van der Waals surface area contributed by atoms with Crippen LogP contribution in [0.4, 0.5) is 0 Å². The van der Waals surface area contributed by atoms with Crippen LogP contribution in [0.5, 0.6) is 0 Å². The highest BCUT2D eigenvalue weighted by atomic mass is 32.2. The van der Waals surface area contributed by atoms with Crippen molar-refractivity contribution in [3.05, 3.63) is 29.3 Å². The molecule has 2 aliphatic rings. The zero-order valence-electron chi connectivity index (χ0n) is 17.3. The molecule has 1 saturated carbocycles. The van der Waals surface area contributed by atoms with Crippen LogP contribution >= 0.6 is 11.8 Å². The third-order valence-electron chi connectivity index (χ3n) is 6.18. The summed E-state index contributed by atoms with van der Waals surface area (Å²) in [7, 11) is -3.05. The summed E-state index contributed by atoms with van der Waals surface area (Å²) in [5.74, 6) is 0.425. The molecular weight excluding hydrogens is 422 g/mol. The molecule has 1 saturated heterocycles. The molecule has 0 radical (unpaired) electrons. The Morgan fingerprint density at radius 3 is 2.67 bits per heavy atom. The smallest absolute Gasteiger partial charge is 0.233 e. The van der Waals surface area contributed by atoms with E-state index in [0.717, 1.165) is 42.5 Å². The van der Waals surface area contributed by atoms with Crippen LogP contribution in [-0.4, -0.2) is 68.8 Å². The Balaban J connectivity index is 1.51. The van der Waals surface area contributed by atoms with E-state index in [0.29, 0.717) is 11.6 Å². The third-order valence-corrected chi connectivity index (χ3v) is 8.83. The van der Waals surface area contributed by atoms with Gasteiger partial charge in [-0.15, -0.1) is 5.10 Å². The van der Waals surface area contributed by atoms with E-state index >= 15 is 0 Å². The fourth-order valence-corrected chi connectivity index (χ4v) is 6.93. The number of thioether (sulfide) groups is 1. The number of aromatic nitrogens is 4. The molecule has 2 aromatic rings. The van der Waals surface area contributed by atoms with Crippen molar-refractivity contribution < 1.29 is 13.2 Å². The van der Waals surface area contributed by atoms with Crippen LogP contribution in [0.2, 0.25) is 0 Å². The van der Waals surface area contributed by atoms with Crippen LogP contribution < -0.4 is 0 Å².